The van der Waals surface area contributed by atoms with E-state index in [9.17, 15) is 10.1 Å². The van der Waals surface area contributed by atoms with Crippen LogP contribution in [-0.2, 0) is 13.0 Å². The molecule has 12 heteroatoms. The van der Waals surface area contributed by atoms with E-state index in [-0.39, 0.29) is 11.6 Å². The van der Waals surface area contributed by atoms with Crippen LogP contribution in [0.2, 0.25) is 5.28 Å². The Morgan fingerprint density at radius 2 is 2.00 bits per heavy atom. The van der Waals surface area contributed by atoms with Gasteiger partial charge in [-0.2, -0.15) is 14.9 Å². The van der Waals surface area contributed by atoms with Crippen molar-refractivity contribution in [1.29, 1.82) is 0 Å². The van der Waals surface area contributed by atoms with Gasteiger partial charge in [-0.15, -0.1) is 10.2 Å². The molecule has 0 fully saturated rings. The summed E-state index contributed by atoms with van der Waals surface area (Å²) >= 11 is 6.21. The van der Waals surface area contributed by atoms with Gasteiger partial charge in [-0.1, -0.05) is 25.5 Å². The van der Waals surface area contributed by atoms with Gasteiger partial charge >= 0.3 is 5.82 Å². The minimum Gasteiger partial charge on any atom is -0.358 e. The van der Waals surface area contributed by atoms with E-state index in [1.54, 1.807) is 22.9 Å². The number of aromatic amines is 1. The fraction of sp³-hybridized carbons (Fsp3) is 0.278. The van der Waals surface area contributed by atoms with Crippen molar-refractivity contribution >= 4 is 17.4 Å². The molecule has 0 radical (unpaired) electrons. The standard InChI is InChI=1S/C18H18ClN9O2/c1-2-3-4-15-20-18(19)26(23-15)11-12-5-7-13(8-6-12)27-14(17-21-24-25-22-17)9-10-16(27)28(29)30/h5-10H,2-4,11H2,1H3,(H,21,22,24,25). The molecule has 3 aromatic heterocycles. The molecule has 1 aromatic carbocycles. The van der Waals surface area contributed by atoms with Crippen molar-refractivity contribution in [3.63, 3.8) is 0 Å². The van der Waals surface area contributed by atoms with E-state index in [0.717, 1.165) is 30.7 Å². The van der Waals surface area contributed by atoms with Crippen molar-refractivity contribution < 1.29 is 4.92 Å². The summed E-state index contributed by atoms with van der Waals surface area (Å²) in [7, 11) is 0. The summed E-state index contributed by atoms with van der Waals surface area (Å²) in [6.45, 7) is 2.56. The smallest absolute Gasteiger partial charge is 0.328 e. The minimum absolute atomic E-state index is 0.0950. The SMILES string of the molecule is CCCCc1nc(Cl)n(Cc2ccc(-n3c(-c4nn[nH]n4)ccc3[N+](=O)[O-])cc2)n1. The minimum atomic E-state index is -0.454. The molecule has 0 bridgehead atoms. The van der Waals surface area contributed by atoms with E-state index in [2.05, 4.69) is 37.6 Å². The maximum Gasteiger partial charge on any atom is 0.328 e. The number of tetrazole rings is 1. The zero-order valence-electron chi connectivity index (χ0n) is 16.1. The monoisotopic (exact) mass is 427 g/mol. The van der Waals surface area contributed by atoms with Gasteiger partial charge in [-0.25, -0.2) is 9.67 Å². The first-order chi connectivity index (χ1) is 14.6. The van der Waals surface area contributed by atoms with Crippen LogP contribution >= 0.6 is 11.6 Å². The first-order valence-corrected chi connectivity index (χ1v) is 9.73. The number of nitro groups is 1. The number of nitrogens with zero attached hydrogens (tertiary/aromatic N) is 8. The number of halogens is 1. The van der Waals surface area contributed by atoms with Gasteiger partial charge in [0.2, 0.25) is 11.1 Å². The second-order valence-corrected chi connectivity index (χ2v) is 6.97. The molecule has 0 atom stereocenters. The molecule has 30 heavy (non-hydrogen) atoms. The summed E-state index contributed by atoms with van der Waals surface area (Å²) in [5.74, 6) is 0.898. The zero-order valence-corrected chi connectivity index (χ0v) is 16.8. The lowest BCUT2D eigenvalue weighted by Gasteiger charge is -2.06. The first kappa shape index (κ1) is 19.7. The lowest BCUT2D eigenvalue weighted by Crippen LogP contribution is -2.05. The summed E-state index contributed by atoms with van der Waals surface area (Å²) in [6.07, 6.45) is 2.86. The number of H-pyrrole nitrogens is 1. The Morgan fingerprint density at radius 1 is 1.20 bits per heavy atom. The van der Waals surface area contributed by atoms with Crippen molar-refractivity contribution in [3.8, 4) is 17.2 Å². The third kappa shape index (κ3) is 3.92. The van der Waals surface area contributed by atoms with E-state index < -0.39 is 4.92 Å². The molecule has 0 unspecified atom stereocenters. The summed E-state index contributed by atoms with van der Waals surface area (Å²) in [5.41, 5.74) is 2.00. The topological polar surface area (TPSA) is 133 Å². The Balaban J connectivity index is 1.61. The second-order valence-electron chi connectivity index (χ2n) is 6.63. The molecule has 0 saturated carbocycles. The van der Waals surface area contributed by atoms with Crippen LogP contribution in [0.5, 0.6) is 0 Å². The Morgan fingerprint density at radius 3 is 2.67 bits per heavy atom. The molecule has 0 aliphatic carbocycles. The number of nitrogens with one attached hydrogen (secondary N) is 1. The summed E-state index contributed by atoms with van der Waals surface area (Å²) < 4.78 is 3.12. The van der Waals surface area contributed by atoms with Crippen molar-refractivity contribution in [2.45, 2.75) is 32.7 Å². The molecule has 4 rings (SSSR count). The normalized spacial score (nSPS) is 11.1. The van der Waals surface area contributed by atoms with Crippen molar-refractivity contribution in [2.75, 3.05) is 0 Å². The number of benzene rings is 1. The van der Waals surface area contributed by atoms with Crippen LogP contribution in [0.1, 0.15) is 31.2 Å². The second kappa shape index (κ2) is 8.41. The van der Waals surface area contributed by atoms with Crippen molar-refractivity contribution in [3.05, 3.63) is 63.2 Å². The molecule has 11 nitrogen and oxygen atoms in total. The number of hydrogen-bond donors (Lipinski definition) is 1. The van der Waals surface area contributed by atoms with E-state index in [4.69, 9.17) is 11.6 Å². The summed E-state index contributed by atoms with van der Waals surface area (Å²) in [5, 5.41) is 30.0. The van der Waals surface area contributed by atoms with Crippen LogP contribution in [0.4, 0.5) is 5.82 Å². The van der Waals surface area contributed by atoms with Crippen molar-refractivity contribution in [1.82, 2.24) is 40.0 Å². The van der Waals surface area contributed by atoms with Gasteiger partial charge in [-0.05, 0) is 51.9 Å². The average molecular weight is 428 g/mol. The van der Waals surface area contributed by atoms with Gasteiger partial charge in [0, 0.05) is 12.5 Å². The molecule has 154 valence electrons. The Hall–Kier alpha value is -3.60. The highest BCUT2D eigenvalue weighted by Gasteiger charge is 2.24. The maximum absolute atomic E-state index is 11.5. The number of aryl methyl sites for hydroxylation is 1. The predicted octanol–water partition coefficient (Wildman–Crippen LogP) is 3.20. The van der Waals surface area contributed by atoms with Crippen LogP contribution in [0, 0.1) is 10.1 Å². The third-order valence-corrected chi connectivity index (χ3v) is 4.85. The summed E-state index contributed by atoms with van der Waals surface area (Å²) in [4.78, 5) is 15.3. The van der Waals surface area contributed by atoms with Crippen molar-refractivity contribution in [2.24, 2.45) is 0 Å². The fourth-order valence-corrected chi connectivity index (χ4v) is 3.31. The molecule has 0 aliphatic rings. The quantitative estimate of drug-likeness (QED) is 0.337. The van der Waals surface area contributed by atoms with Gasteiger partial charge in [0.25, 0.3) is 0 Å². The summed E-state index contributed by atoms with van der Waals surface area (Å²) in [6, 6.07) is 10.3. The lowest BCUT2D eigenvalue weighted by molar-refractivity contribution is -0.390. The predicted molar refractivity (Wildman–Crippen MR) is 108 cm³/mol. The van der Waals surface area contributed by atoms with Crippen LogP contribution < -0.4 is 0 Å². The Labute approximate surface area is 175 Å². The van der Waals surface area contributed by atoms with Crippen LogP contribution in [0.3, 0.4) is 0 Å². The largest absolute Gasteiger partial charge is 0.358 e. The van der Waals surface area contributed by atoms with E-state index in [0.29, 0.717) is 23.2 Å². The highest BCUT2D eigenvalue weighted by Crippen LogP contribution is 2.28. The molecule has 1 N–H and O–H groups in total. The van der Waals surface area contributed by atoms with Crippen LogP contribution in [0.25, 0.3) is 17.2 Å². The number of rotatable bonds is 8. The fourth-order valence-electron chi connectivity index (χ4n) is 3.12. The number of aromatic nitrogens is 8. The third-order valence-electron chi connectivity index (χ3n) is 4.57. The van der Waals surface area contributed by atoms with Gasteiger partial charge in [0.1, 0.15) is 5.69 Å². The number of unbranched alkanes of at least 4 members (excludes halogenated alkanes) is 1. The van der Waals surface area contributed by atoms with Gasteiger partial charge in [0.15, 0.2) is 11.5 Å². The van der Waals surface area contributed by atoms with E-state index >= 15 is 0 Å². The Kier molecular flexibility index (Phi) is 5.53. The van der Waals surface area contributed by atoms with E-state index in [1.807, 2.05) is 12.1 Å². The van der Waals surface area contributed by atoms with Gasteiger partial charge < -0.3 is 10.1 Å². The van der Waals surface area contributed by atoms with E-state index in [1.165, 1.54) is 10.6 Å². The van der Waals surface area contributed by atoms with Crippen LogP contribution in [-0.4, -0.2) is 44.9 Å². The number of hydrogen-bond acceptors (Lipinski definition) is 7. The molecular formula is C18H18ClN9O2. The molecule has 0 amide bonds. The molecule has 0 saturated heterocycles. The highest BCUT2D eigenvalue weighted by molar-refractivity contribution is 6.28. The van der Waals surface area contributed by atoms with Gasteiger partial charge in [0.05, 0.1) is 6.54 Å². The highest BCUT2D eigenvalue weighted by atomic mass is 35.5. The molecule has 0 aliphatic heterocycles. The molecular weight excluding hydrogens is 410 g/mol. The zero-order chi connectivity index (χ0) is 21.1. The average Bonchev–Trinajstić information content (AvgIpc) is 3.47. The maximum atomic E-state index is 11.5. The first-order valence-electron chi connectivity index (χ1n) is 9.35. The van der Waals surface area contributed by atoms with Crippen LogP contribution in [0.15, 0.2) is 36.4 Å². The Bertz CT molecular complexity index is 1150. The molecule has 4 aromatic rings. The van der Waals surface area contributed by atoms with Gasteiger partial charge in [-0.3, -0.25) is 0 Å². The molecule has 0 spiro atoms. The molecule has 3 heterocycles. The lowest BCUT2D eigenvalue weighted by atomic mass is 10.2.